The quantitative estimate of drug-likeness (QED) is 0.740. The lowest BCUT2D eigenvalue weighted by Gasteiger charge is -2.19. The molecule has 0 saturated carbocycles. The number of ketones is 1. The molecule has 0 aliphatic carbocycles. The largest absolute Gasteiger partial charge is 0.359 e. The second-order valence-electron chi connectivity index (χ2n) is 3.97. The van der Waals surface area contributed by atoms with Crippen molar-refractivity contribution in [2.45, 2.75) is 25.8 Å². The van der Waals surface area contributed by atoms with E-state index in [9.17, 15) is 4.79 Å². The molecular formula is C11H16N2O. The fraction of sp³-hybridized carbons (Fsp3) is 0.545. The molecule has 1 atom stereocenters. The van der Waals surface area contributed by atoms with Crippen LogP contribution < -0.4 is 0 Å². The van der Waals surface area contributed by atoms with E-state index in [4.69, 9.17) is 0 Å². The zero-order chi connectivity index (χ0) is 9.97. The minimum atomic E-state index is 0.198. The summed E-state index contributed by atoms with van der Waals surface area (Å²) >= 11 is 0. The summed E-state index contributed by atoms with van der Waals surface area (Å²) < 4.78 is 0. The van der Waals surface area contributed by atoms with E-state index in [2.05, 4.69) is 16.8 Å². The van der Waals surface area contributed by atoms with Crippen molar-refractivity contribution in [3.05, 3.63) is 24.0 Å². The maximum absolute atomic E-state index is 11.7. The monoisotopic (exact) mass is 192 g/mol. The van der Waals surface area contributed by atoms with Crippen molar-refractivity contribution < 1.29 is 4.79 Å². The molecule has 1 fully saturated rings. The second kappa shape index (κ2) is 3.96. The first-order chi connectivity index (χ1) is 6.77. The molecule has 3 nitrogen and oxygen atoms in total. The lowest BCUT2D eigenvalue weighted by atomic mass is 10.2. The Bertz CT molecular complexity index is 305. The highest BCUT2D eigenvalue weighted by Gasteiger charge is 2.22. The van der Waals surface area contributed by atoms with Crippen LogP contribution in [0.25, 0.3) is 0 Å². The number of H-pyrrole nitrogens is 1. The molecule has 1 saturated heterocycles. The van der Waals surface area contributed by atoms with Gasteiger partial charge in [-0.05, 0) is 38.4 Å². The van der Waals surface area contributed by atoms with Gasteiger partial charge in [0, 0.05) is 12.2 Å². The molecular weight excluding hydrogens is 176 g/mol. The van der Waals surface area contributed by atoms with Gasteiger partial charge in [-0.2, -0.15) is 0 Å². The summed E-state index contributed by atoms with van der Waals surface area (Å²) in [5.74, 6) is 0.198. The smallest absolute Gasteiger partial charge is 0.192 e. The molecule has 3 heteroatoms. The molecule has 1 N–H and O–H groups in total. The number of Topliss-reactive ketones (excluding diaryl/α,β-unsaturated/α-hetero) is 1. The lowest BCUT2D eigenvalue weighted by molar-refractivity contribution is 0.0922. The van der Waals surface area contributed by atoms with Crippen molar-refractivity contribution >= 4 is 5.78 Å². The van der Waals surface area contributed by atoms with E-state index in [1.54, 1.807) is 6.20 Å². The molecule has 0 amide bonds. The van der Waals surface area contributed by atoms with Crippen LogP contribution in [0, 0.1) is 0 Å². The van der Waals surface area contributed by atoms with Crippen LogP contribution in [-0.2, 0) is 0 Å². The molecule has 2 heterocycles. The molecule has 2 rings (SSSR count). The number of hydrogen-bond acceptors (Lipinski definition) is 2. The van der Waals surface area contributed by atoms with Gasteiger partial charge < -0.3 is 4.98 Å². The topological polar surface area (TPSA) is 36.1 Å². The van der Waals surface area contributed by atoms with Crippen LogP contribution >= 0.6 is 0 Å². The lowest BCUT2D eigenvalue weighted by Crippen LogP contribution is -2.32. The van der Waals surface area contributed by atoms with Crippen LogP contribution in [0.15, 0.2) is 18.3 Å². The molecule has 76 valence electrons. The third-order valence-electron chi connectivity index (χ3n) is 2.94. The van der Waals surface area contributed by atoms with Crippen LogP contribution in [0.2, 0.25) is 0 Å². The molecule has 14 heavy (non-hydrogen) atoms. The normalized spacial score (nSPS) is 22.8. The molecule has 0 bridgehead atoms. The highest BCUT2D eigenvalue weighted by Crippen LogP contribution is 2.16. The SMILES string of the molecule is CC1CCCN1CC(=O)c1ccc[nH]1. The summed E-state index contributed by atoms with van der Waals surface area (Å²) in [7, 11) is 0. The van der Waals surface area contributed by atoms with Gasteiger partial charge in [-0.1, -0.05) is 0 Å². The predicted molar refractivity (Wildman–Crippen MR) is 55.4 cm³/mol. The number of aromatic amines is 1. The van der Waals surface area contributed by atoms with Gasteiger partial charge in [-0.15, -0.1) is 0 Å². The van der Waals surface area contributed by atoms with E-state index in [0.29, 0.717) is 12.6 Å². The molecule has 1 aromatic heterocycles. The summed E-state index contributed by atoms with van der Waals surface area (Å²) in [6.07, 6.45) is 4.23. The van der Waals surface area contributed by atoms with Crippen LogP contribution in [0.5, 0.6) is 0 Å². The van der Waals surface area contributed by atoms with Crippen LogP contribution in [-0.4, -0.2) is 34.8 Å². The highest BCUT2D eigenvalue weighted by atomic mass is 16.1. The number of carbonyl (C=O) groups excluding carboxylic acids is 1. The molecule has 1 aliphatic rings. The third kappa shape index (κ3) is 1.87. The zero-order valence-corrected chi connectivity index (χ0v) is 8.49. The van der Waals surface area contributed by atoms with Crippen molar-refractivity contribution in [1.82, 2.24) is 9.88 Å². The Balaban J connectivity index is 1.95. The molecule has 0 aromatic carbocycles. The number of nitrogens with one attached hydrogen (secondary N) is 1. The zero-order valence-electron chi connectivity index (χ0n) is 8.49. The number of hydrogen-bond donors (Lipinski definition) is 1. The minimum absolute atomic E-state index is 0.198. The standard InChI is InChI=1S/C11H16N2O/c1-9-4-3-7-13(9)8-11(14)10-5-2-6-12-10/h2,5-6,9,12H,3-4,7-8H2,1H3. The van der Waals surface area contributed by atoms with Gasteiger partial charge in [0.05, 0.1) is 12.2 Å². The van der Waals surface area contributed by atoms with Gasteiger partial charge in [0.15, 0.2) is 5.78 Å². The Hall–Kier alpha value is -1.09. The summed E-state index contributed by atoms with van der Waals surface area (Å²) in [5.41, 5.74) is 0.726. The van der Waals surface area contributed by atoms with Crippen molar-refractivity contribution in [3.63, 3.8) is 0 Å². The second-order valence-corrected chi connectivity index (χ2v) is 3.97. The molecule has 1 unspecified atom stereocenters. The van der Waals surface area contributed by atoms with E-state index in [0.717, 1.165) is 12.2 Å². The minimum Gasteiger partial charge on any atom is -0.359 e. The number of aromatic nitrogens is 1. The van der Waals surface area contributed by atoms with Gasteiger partial charge in [-0.25, -0.2) is 0 Å². The predicted octanol–water partition coefficient (Wildman–Crippen LogP) is 1.68. The third-order valence-corrected chi connectivity index (χ3v) is 2.94. The summed E-state index contributed by atoms with van der Waals surface area (Å²) in [4.78, 5) is 16.9. The Labute approximate surface area is 84.1 Å². The van der Waals surface area contributed by atoms with Gasteiger partial charge >= 0.3 is 0 Å². The van der Waals surface area contributed by atoms with Gasteiger partial charge in [0.2, 0.25) is 0 Å². The fourth-order valence-electron chi connectivity index (χ4n) is 2.00. The molecule has 1 aromatic rings. The Morgan fingerprint density at radius 1 is 1.71 bits per heavy atom. The van der Waals surface area contributed by atoms with Crippen molar-refractivity contribution in [1.29, 1.82) is 0 Å². The molecule has 0 radical (unpaired) electrons. The maximum atomic E-state index is 11.7. The van der Waals surface area contributed by atoms with E-state index in [-0.39, 0.29) is 5.78 Å². The number of nitrogens with zero attached hydrogens (tertiary/aromatic N) is 1. The number of rotatable bonds is 3. The van der Waals surface area contributed by atoms with Crippen molar-refractivity contribution in [3.8, 4) is 0 Å². The van der Waals surface area contributed by atoms with Crippen molar-refractivity contribution in [2.75, 3.05) is 13.1 Å². The first kappa shape index (κ1) is 9.46. The van der Waals surface area contributed by atoms with Gasteiger partial charge in [0.25, 0.3) is 0 Å². The van der Waals surface area contributed by atoms with Gasteiger partial charge in [0.1, 0.15) is 0 Å². The maximum Gasteiger partial charge on any atom is 0.192 e. The first-order valence-corrected chi connectivity index (χ1v) is 5.18. The van der Waals surface area contributed by atoms with Gasteiger partial charge in [-0.3, -0.25) is 9.69 Å². The fourth-order valence-corrected chi connectivity index (χ4v) is 2.00. The van der Waals surface area contributed by atoms with E-state index in [1.807, 2.05) is 12.1 Å². The summed E-state index contributed by atoms with van der Waals surface area (Å²) in [6.45, 7) is 3.81. The van der Waals surface area contributed by atoms with Crippen LogP contribution in [0.4, 0.5) is 0 Å². The summed E-state index contributed by atoms with van der Waals surface area (Å²) in [6, 6.07) is 4.26. The van der Waals surface area contributed by atoms with Crippen LogP contribution in [0.3, 0.4) is 0 Å². The summed E-state index contributed by atoms with van der Waals surface area (Å²) in [5, 5.41) is 0. The average Bonchev–Trinajstić information content (AvgIpc) is 2.77. The molecule has 1 aliphatic heterocycles. The van der Waals surface area contributed by atoms with E-state index < -0.39 is 0 Å². The van der Waals surface area contributed by atoms with Crippen LogP contribution in [0.1, 0.15) is 30.3 Å². The highest BCUT2D eigenvalue weighted by molar-refractivity contribution is 5.95. The Kier molecular flexibility index (Phi) is 2.68. The number of likely N-dealkylation sites (tertiary alicyclic amines) is 1. The van der Waals surface area contributed by atoms with E-state index >= 15 is 0 Å². The Morgan fingerprint density at radius 2 is 2.57 bits per heavy atom. The van der Waals surface area contributed by atoms with Crippen molar-refractivity contribution in [2.24, 2.45) is 0 Å². The first-order valence-electron chi connectivity index (χ1n) is 5.18. The average molecular weight is 192 g/mol. The number of carbonyl (C=O) groups is 1. The molecule has 0 spiro atoms. The van der Waals surface area contributed by atoms with E-state index in [1.165, 1.54) is 12.8 Å². The Morgan fingerprint density at radius 3 is 3.14 bits per heavy atom.